The molecule has 1 saturated carbocycles. The van der Waals surface area contributed by atoms with E-state index in [0.717, 1.165) is 5.56 Å². The van der Waals surface area contributed by atoms with E-state index in [-0.39, 0.29) is 17.2 Å². The summed E-state index contributed by atoms with van der Waals surface area (Å²) in [5.41, 5.74) is -1.25. The van der Waals surface area contributed by atoms with Gasteiger partial charge in [-0.25, -0.2) is 0 Å². The molecule has 0 spiro atoms. The first-order chi connectivity index (χ1) is 10.6. The Bertz CT molecular complexity index is 722. The molecule has 126 valence electrons. The molecule has 3 nitrogen and oxygen atoms in total. The highest BCUT2D eigenvalue weighted by molar-refractivity contribution is 7.86. The van der Waals surface area contributed by atoms with E-state index < -0.39 is 34.2 Å². The van der Waals surface area contributed by atoms with Gasteiger partial charge in [-0.05, 0) is 43.7 Å². The number of fused-ring (bicyclic) bond motifs is 2. The Morgan fingerprint density at radius 2 is 1.87 bits per heavy atom. The molecule has 1 aromatic carbocycles. The molecule has 3 rings (SSSR count). The molecule has 1 unspecified atom stereocenters. The fraction of sp³-hybridized carbons (Fsp3) is 0.500. The maximum absolute atomic E-state index is 13.6. The van der Waals surface area contributed by atoms with Crippen LogP contribution >= 0.6 is 0 Å². The van der Waals surface area contributed by atoms with Gasteiger partial charge in [0.25, 0.3) is 10.1 Å². The van der Waals surface area contributed by atoms with Crippen molar-refractivity contribution in [3.8, 4) is 0 Å². The molecule has 1 aromatic rings. The molecule has 0 heterocycles. The van der Waals surface area contributed by atoms with Gasteiger partial charge in [0.1, 0.15) is 0 Å². The average Bonchev–Trinajstić information content (AvgIpc) is 3.06. The fourth-order valence-electron chi connectivity index (χ4n) is 3.48. The zero-order valence-corrected chi connectivity index (χ0v) is 13.3. The van der Waals surface area contributed by atoms with Crippen LogP contribution in [0.25, 0.3) is 0 Å². The predicted octanol–water partition coefficient (Wildman–Crippen LogP) is 3.85. The molecule has 0 aromatic heterocycles. The quantitative estimate of drug-likeness (QED) is 0.614. The van der Waals surface area contributed by atoms with Crippen molar-refractivity contribution in [2.75, 3.05) is 6.61 Å². The Morgan fingerprint density at radius 3 is 2.35 bits per heavy atom. The first kappa shape index (κ1) is 16.5. The summed E-state index contributed by atoms with van der Waals surface area (Å²) in [7, 11) is -4.20. The van der Waals surface area contributed by atoms with Gasteiger partial charge in [-0.2, -0.15) is 21.6 Å². The van der Waals surface area contributed by atoms with Crippen molar-refractivity contribution in [3.05, 3.63) is 42.0 Å². The number of allylic oxidation sites excluding steroid dienone is 2. The predicted molar refractivity (Wildman–Crippen MR) is 78.2 cm³/mol. The molecule has 0 N–H and O–H groups in total. The molecular weight excluding hydrogens is 329 g/mol. The van der Waals surface area contributed by atoms with Crippen LogP contribution in [-0.2, 0) is 14.3 Å². The summed E-state index contributed by atoms with van der Waals surface area (Å²) in [4.78, 5) is -0.126. The summed E-state index contributed by atoms with van der Waals surface area (Å²) in [5, 5.41) is 0. The van der Waals surface area contributed by atoms with Crippen LogP contribution in [0, 0.1) is 24.2 Å². The van der Waals surface area contributed by atoms with Crippen LogP contribution < -0.4 is 0 Å². The molecule has 0 saturated heterocycles. The van der Waals surface area contributed by atoms with Crippen LogP contribution in [0.15, 0.2) is 41.3 Å². The van der Waals surface area contributed by atoms with Crippen molar-refractivity contribution in [1.82, 2.24) is 0 Å². The third-order valence-electron chi connectivity index (χ3n) is 4.85. The van der Waals surface area contributed by atoms with Crippen molar-refractivity contribution in [2.24, 2.45) is 17.3 Å². The molecule has 1 fully saturated rings. The SMILES string of the molecule is Cc1ccc(S(=O)(=O)OCC2(C(F)(F)F)C[C@H]3C=C[C@@H]2C3)cc1. The van der Waals surface area contributed by atoms with E-state index in [1.54, 1.807) is 31.2 Å². The largest absolute Gasteiger partial charge is 0.397 e. The zero-order valence-electron chi connectivity index (χ0n) is 12.5. The van der Waals surface area contributed by atoms with Crippen LogP contribution in [0.3, 0.4) is 0 Å². The second kappa shape index (κ2) is 5.34. The van der Waals surface area contributed by atoms with Crippen molar-refractivity contribution in [1.29, 1.82) is 0 Å². The van der Waals surface area contributed by atoms with E-state index in [1.165, 1.54) is 12.1 Å². The maximum Gasteiger partial charge on any atom is 0.397 e. The summed E-state index contributed by atoms with van der Waals surface area (Å²) < 4.78 is 70.0. The summed E-state index contributed by atoms with van der Waals surface area (Å²) in [6, 6.07) is 5.84. The number of aryl methyl sites for hydroxylation is 1. The van der Waals surface area contributed by atoms with Gasteiger partial charge in [0.2, 0.25) is 0 Å². The zero-order chi connectivity index (χ0) is 16.9. The lowest BCUT2D eigenvalue weighted by Crippen LogP contribution is -2.45. The van der Waals surface area contributed by atoms with E-state index in [4.69, 9.17) is 4.18 Å². The summed E-state index contributed by atoms with van der Waals surface area (Å²) in [6.45, 7) is 0.926. The number of halogens is 3. The third-order valence-corrected chi connectivity index (χ3v) is 6.13. The first-order valence-electron chi connectivity index (χ1n) is 7.35. The number of alkyl halides is 3. The van der Waals surface area contributed by atoms with Crippen LogP contribution in [-0.4, -0.2) is 21.2 Å². The summed E-state index contributed by atoms with van der Waals surface area (Å²) >= 11 is 0. The Morgan fingerprint density at radius 1 is 1.22 bits per heavy atom. The van der Waals surface area contributed by atoms with Crippen LogP contribution in [0.1, 0.15) is 18.4 Å². The Kier molecular flexibility index (Phi) is 3.84. The summed E-state index contributed by atoms with van der Waals surface area (Å²) in [6.07, 6.45) is -0.874. The van der Waals surface area contributed by atoms with Gasteiger partial charge in [-0.1, -0.05) is 29.8 Å². The molecule has 7 heteroatoms. The van der Waals surface area contributed by atoms with Crippen LogP contribution in [0.4, 0.5) is 13.2 Å². The minimum Gasteiger partial charge on any atom is -0.265 e. The van der Waals surface area contributed by atoms with Crippen molar-refractivity contribution in [2.45, 2.75) is 30.8 Å². The number of hydrogen-bond donors (Lipinski definition) is 0. The van der Waals surface area contributed by atoms with E-state index in [1.807, 2.05) is 0 Å². The lowest BCUT2D eigenvalue weighted by atomic mass is 9.76. The molecular formula is C16H17F3O3S. The van der Waals surface area contributed by atoms with Crippen molar-refractivity contribution in [3.63, 3.8) is 0 Å². The fourth-order valence-corrected chi connectivity index (χ4v) is 4.46. The lowest BCUT2D eigenvalue weighted by Gasteiger charge is -2.36. The maximum atomic E-state index is 13.6. The Labute approximate surface area is 133 Å². The average molecular weight is 346 g/mol. The van der Waals surface area contributed by atoms with Gasteiger partial charge in [-0.3, -0.25) is 4.18 Å². The highest BCUT2D eigenvalue weighted by Crippen LogP contribution is 2.60. The van der Waals surface area contributed by atoms with Gasteiger partial charge >= 0.3 is 6.18 Å². The van der Waals surface area contributed by atoms with Crippen molar-refractivity contribution < 1.29 is 25.8 Å². The van der Waals surface area contributed by atoms with Crippen molar-refractivity contribution >= 4 is 10.1 Å². The van der Waals surface area contributed by atoms with E-state index in [9.17, 15) is 21.6 Å². The Balaban J connectivity index is 1.83. The molecule has 2 aliphatic carbocycles. The van der Waals surface area contributed by atoms with Crippen LogP contribution in [0.5, 0.6) is 0 Å². The lowest BCUT2D eigenvalue weighted by molar-refractivity contribution is -0.241. The molecule has 0 amide bonds. The second-order valence-corrected chi connectivity index (χ2v) is 7.99. The van der Waals surface area contributed by atoms with Crippen LogP contribution in [0.2, 0.25) is 0 Å². The van der Waals surface area contributed by atoms with Gasteiger partial charge in [0.15, 0.2) is 0 Å². The smallest absolute Gasteiger partial charge is 0.265 e. The number of hydrogen-bond acceptors (Lipinski definition) is 3. The minimum absolute atomic E-state index is 0.110. The number of benzene rings is 1. The normalized spacial score (nSPS) is 30.1. The minimum atomic E-state index is -4.50. The van der Waals surface area contributed by atoms with E-state index >= 15 is 0 Å². The second-order valence-electron chi connectivity index (χ2n) is 6.37. The van der Waals surface area contributed by atoms with Gasteiger partial charge in [-0.15, -0.1) is 0 Å². The summed E-state index contributed by atoms with van der Waals surface area (Å²) in [5.74, 6) is -0.854. The first-order valence-corrected chi connectivity index (χ1v) is 8.76. The Hall–Kier alpha value is -1.34. The monoisotopic (exact) mass is 346 g/mol. The highest BCUT2D eigenvalue weighted by Gasteiger charge is 2.64. The molecule has 3 atom stereocenters. The molecule has 23 heavy (non-hydrogen) atoms. The molecule has 0 aliphatic heterocycles. The van der Waals surface area contributed by atoms with E-state index in [2.05, 4.69) is 0 Å². The van der Waals surface area contributed by atoms with Gasteiger partial charge in [0.05, 0.1) is 16.9 Å². The molecule has 2 bridgehead atoms. The van der Waals surface area contributed by atoms with Gasteiger partial charge in [0, 0.05) is 0 Å². The van der Waals surface area contributed by atoms with E-state index in [0.29, 0.717) is 6.42 Å². The van der Waals surface area contributed by atoms with Gasteiger partial charge < -0.3 is 0 Å². The highest BCUT2D eigenvalue weighted by atomic mass is 32.2. The standard InChI is InChI=1S/C16H17F3O3S/c1-11-2-6-14(7-3-11)23(20,21)22-10-15(16(17,18)19)9-12-4-5-13(15)8-12/h2-7,12-13H,8-10H2,1H3/t12-,13+,15?/m0/s1. The number of rotatable bonds is 4. The third kappa shape index (κ3) is 2.80. The topological polar surface area (TPSA) is 43.4 Å². The molecule has 2 aliphatic rings. The molecule has 0 radical (unpaired) electrons.